The van der Waals surface area contributed by atoms with Crippen molar-refractivity contribution in [3.63, 3.8) is 0 Å². The van der Waals surface area contributed by atoms with Gasteiger partial charge in [0.15, 0.2) is 6.61 Å². The highest BCUT2D eigenvalue weighted by Crippen LogP contribution is 2.29. The van der Waals surface area contributed by atoms with E-state index in [4.69, 9.17) is 4.74 Å². The fourth-order valence-corrected chi connectivity index (χ4v) is 2.35. The van der Waals surface area contributed by atoms with E-state index in [1.54, 1.807) is 6.07 Å². The molecular formula is C19H14F3NO2. The summed E-state index contributed by atoms with van der Waals surface area (Å²) in [5.41, 5.74) is -0.488. The number of carbonyl (C=O) groups excluding carboxylic acids is 1. The lowest BCUT2D eigenvalue weighted by Gasteiger charge is -2.10. The summed E-state index contributed by atoms with van der Waals surface area (Å²) in [6.07, 6.45) is -4.40. The zero-order valence-electron chi connectivity index (χ0n) is 13.0. The minimum absolute atomic E-state index is 0.237. The van der Waals surface area contributed by atoms with Gasteiger partial charge in [0.25, 0.3) is 5.91 Å². The maximum Gasteiger partial charge on any atom is 0.416 e. The smallest absolute Gasteiger partial charge is 0.416 e. The molecule has 0 atom stereocenters. The number of carbonyl (C=O) groups is 1. The molecule has 3 aromatic carbocycles. The summed E-state index contributed by atoms with van der Waals surface area (Å²) in [5, 5.41) is 4.55. The molecule has 6 heteroatoms. The molecule has 0 aliphatic rings. The lowest BCUT2D eigenvalue weighted by Crippen LogP contribution is -2.20. The van der Waals surface area contributed by atoms with E-state index >= 15 is 0 Å². The van der Waals surface area contributed by atoms with Crippen molar-refractivity contribution >= 4 is 22.4 Å². The largest absolute Gasteiger partial charge is 0.484 e. The van der Waals surface area contributed by atoms with Gasteiger partial charge in [0.2, 0.25) is 0 Å². The van der Waals surface area contributed by atoms with Crippen LogP contribution < -0.4 is 10.1 Å². The van der Waals surface area contributed by atoms with Gasteiger partial charge in [-0.15, -0.1) is 0 Å². The van der Waals surface area contributed by atoms with Crippen molar-refractivity contribution in [2.24, 2.45) is 0 Å². The summed E-state index contributed by atoms with van der Waals surface area (Å²) < 4.78 is 42.9. The molecule has 3 rings (SSSR count). The Labute approximate surface area is 142 Å². The molecule has 128 valence electrons. The van der Waals surface area contributed by atoms with E-state index in [-0.39, 0.29) is 12.3 Å². The summed E-state index contributed by atoms with van der Waals surface area (Å²) >= 11 is 0. The number of ether oxygens (including phenoxy) is 1. The highest BCUT2D eigenvalue weighted by atomic mass is 19.4. The first-order valence-corrected chi connectivity index (χ1v) is 7.50. The predicted octanol–water partition coefficient (Wildman–Crippen LogP) is 4.88. The van der Waals surface area contributed by atoms with Crippen LogP contribution in [0.15, 0.2) is 66.7 Å². The lowest BCUT2D eigenvalue weighted by atomic mass is 10.1. The van der Waals surface area contributed by atoms with Crippen LogP contribution >= 0.6 is 0 Å². The minimum atomic E-state index is -4.40. The van der Waals surface area contributed by atoms with E-state index in [9.17, 15) is 18.0 Å². The molecule has 25 heavy (non-hydrogen) atoms. The van der Waals surface area contributed by atoms with E-state index in [2.05, 4.69) is 5.32 Å². The Bertz CT molecular complexity index is 889. The molecular weight excluding hydrogens is 331 g/mol. The molecule has 0 aromatic heterocycles. The average Bonchev–Trinajstić information content (AvgIpc) is 2.59. The Morgan fingerprint density at radius 1 is 0.920 bits per heavy atom. The quantitative estimate of drug-likeness (QED) is 0.732. The molecule has 0 fully saturated rings. The number of hydrogen-bond acceptors (Lipinski definition) is 2. The summed E-state index contributed by atoms with van der Waals surface area (Å²) in [6, 6.07) is 17.4. The van der Waals surface area contributed by atoms with Crippen LogP contribution in [0.5, 0.6) is 5.75 Å². The SMILES string of the molecule is O=C(COc1ccc2ccccc2c1)Nc1ccc(C(F)(F)F)cc1. The second-order valence-electron chi connectivity index (χ2n) is 5.42. The van der Waals surface area contributed by atoms with Crippen LogP contribution in [0.25, 0.3) is 10.8 Å². The van der Waals surface area contributed by atoms with E-state index in [0.29, 0.717) is 5.75 Å². The van der Waals surface area contributed by atoms with Gasteiger partial charge in [-0.1, -0.05) is 30.3 Å². The van der Waals surface area contributed by atoms with Crippen molar-refractivity contribution in [3.8, 4) is 5.75 Å². The standard InChI is InChI=1S/C19H14F3NO2/c20-19(21,22)15-6-8-16(9-7-15)23-18(24)12-25-17-10-5-13-3-1-2-4-14(13)11-17/h1-11H,12H2,(H,23,24). The number of amides is 1. The molecule has 1 amide bonds. The number of halogens is 3. The summed E-state index contributed by atoms with van der Waals surface area (Å²) in [4.78, 5) is 11.9. The van der Waals surface area contributed by atoms with Crippen LogP contribution in [0.1, 0.15) is 5.56 Å². The highest BCUT2D eigenvalue weighted by molar-refractivity contribution is 5.92. The van der Waals surface area contributed by atoms with Crippen LogP contribution in [0.4, 0.5) is 18.9 Å². The van der Waals surface area contributed by atoms with Gasteiger partial charge in [-0.25, -0.2) is 0 Å². The second-order valence-corrected chi connectivity index (χ2v) is 5.42. The Hall–Kier alpha value is -3.02. The predicted molar refractivity (Wildman–Crippen MR) is 89.5 cm³/mol. The first-order chi connectivity index (χ1) is 11.9. The first kappa shape index (κ1) is 16.8. The molecule has 1 N–H and O–H groups in total. The van der Waals surface area contributed by atoms with Crippen molar-refractivity contribution < 1.29 is 22.7 Å². The molecule has 0 saturated heterocycles. The molecule has 3 nitrogen and oxygen atoms in total. The van der Waals surface area contributed by atoms with Gasteiger partial charge in [0.05, 0.1) is 5.56 Å². The van der Waals surface area contributed by atoms with Gasteiger partial charge in [-0.3, -0.25) is 4.79 Å². The Balaban J connectivity index is 1.58. The molecule has 0 saturated carbocycles. The number of rotatable bonds is 4. The summed E-state index contributed by atoms with van der Waals surface area (Å²) in [5.74, 6) is 0.0918. The minimum Gasteiger partial charge on any atom is -0.484 e. The number of fused-ring (bicyclic) bond motifs is 1. The lowest BCUT2D eigenvalue weighted by molar-refractivity contribution is -0.137. The molecule has 0 aliphatic heterocycles. The van der Waals surface area contributed by atoms with Crippen LogP contribution in [0, 0.1) is 0 Å². The van der Waals surface area contributed by atoms with E-state index in [1.165, 1.54) is 12.1 Å². The molecule has 0 unspecified atom stereocenters. The second kappa shape index (κ2) is 6.84. The average molecular weight is 345 g/mol. The Morgan fingerprint density at radius 3 is 2.28 bits per heavy atom. The number of anilines is 1. The van der Waals surface area contributed by atoms with Gasteiger partial charge >= 0.3 is 6.18 Å². The van der Waals surface area contributed by atoms with Gasteiger partial charge < -0.3 is 10.1 Å². The van der Waals surface area contributed by atoms with Crippen molar-refractivity contribution in [1.82, 2.24) is 0 Å². The molecule has 0 aliphatic carbocycles. The maximum absolute atomic E-state index is 12.5. The number of hydrogen-bond donors (Lipinski definition) is 1. The molecule has 3 aromatic rings. The summed E-state index contributed by atoms with van der Waals surface area (Å²) in [6.45, 7) is -0.237. The fourth-order valence-electron chi connectivity index (χ4n) is 2.35. The van der Waals surface area contributed by atoms with Crippen molar-refractivity contribution in [1.29, 1.82) is 0 Å². The third kappa shape index (κ3) is 4.29. The topological polar surface area (TPSA) is 38.3 Å². The van der Waals surface area contributed by atoms with E-state index in [0.717, 1.165) is 22.9 Å². The van der Waals surface area contributed by atoms with Crippen molar-refractivity contribution in [3.05, 3.63) is 72.3 Å². The van der Waals surface area contributed by atoms with E-state index < -0.39 is 17.6 Å². The zero-order chi connectivity index (χ0) is 17.9. The van der Waals surface area contributed by atoms with Gasteiger partial charge in [-0.05, 0) is 47.2 Å². The third-order valence-electron chi connectivity index (χ3n) is 3.59. The zero-order valence-corrected chi connectivity index (χ0v) is 13.0. The highest BCUT2D eigenvalue weighted by Gasteiger charge is 2.29. The van der Waals surface area contributed by atoms with E-state index in [1.807, 2.05) is 36.4 Å². The monoisotopic (exact) mass is 345 g/mol. The maximum atomic E-state index is 12.5. The third-order valence-corrected chi connectivity index (χ3v) is 3.59. The fraction of sp³-hybridized carbons (Fsp3) is 0.105. The van der Waals surface area contributed by atoms with Crippen molar-refractivity contribution in [2.75, 3.05) is 11.9 Å². The first-order valence-electron chi connectivity index (χ1n) is 7.50. The Kier molecular flexibility index (Phi) is 4.61. The molecule has 0 heterocycles. The van der Waals surface area contributed by atoms with Crippen molar-refractivity contribution in [2.45, 2.75) is 6.18 Å². The number of benzene rings is 3. The van der Waals surface area contributed by atoms with Crippen LogP contribution in [0.3, 0.4) is 0 Å². The van der Waals surface area contributed by atoms with Crippen LogP contribution in [-0.4, -0.2) is 12.5 Å². The van der Waals surface area contributed by atoms with Crippen LogP contribution in [-0.2, 0) is 11.0 Å². The van der Waals surface area contributed by atoms with Gasteiger partial charge in [0, 0.05) is 5.69 Å². The van der Waals surface area contributed by atoms with Crippen LogP contribution in [0.2, 0.25) is 0 Å². The summed E-state index contributed by atoms with van der Waals surface area (Å²) in [7, 11) is 0. The Morgan fingerprint density at radius 2 is 1.60 bits per heavy atom. The molecule has 0 radical (unpaired) electrons. The molecule has 0 bridgehead atoms. The normalized spacial score (nSPS) is 11.3. The number of alkyl halides is 3. The van der Waals surface area contributed by atoms with Gasteiger partial charge in [-0.2, -0.15) is 13.2 Å². The number of nitrogens with one attached hydrogen (secondary N) is 1. The van der Waals surface area contributed by atoms with Gasteiger partial charge in [0.1, 0.15) is 5.75 Å². The molecule has 0 spiro atoms.